The van der Waals surface area contributed by atoms with Gasteiger partial charge >= 0.3 is 5.97 Å². The van der Waals surface area contributed by atoms with Gasteiger partial charge in [0.15, 0.2) is 0 Å². The normalized spacial score (nSPS) is 10.1. The molecule has 0 spiro atoms. The zero-order valence-corrected chi connectivity index (χ0v) is 12.2. The van der Waals surface area contributed by atoms with Gasteiger partial charge in [-0.1, -0.05) is 37.9 Å². The van der Waals surface area contributed by atoms with E-state index in [1.54, 1.807) is 18.2 Å². The number of hydrogen-bond donors (Lipinski definition) is 1. The number of carboxylic acids is 1. The predicted molar refractivity (Wildman–Crippen MR) is 75.3 cm³/mol. The molecule has 0 amide bonds. The van der Waals surface area contributed by atoms with Crippen LogP contribution in [0, 0.1) is 0 Å². The Morgan fingerprint density at radius 3 is 2.39 bits per heavy atom. The van der Waals surface area contributed by atoms with Crippen LogP contribution >= 0.6 is 31.9 Å². The minimum absolute atomic E-state index is 0.175. The molecule has 0 atom stereocenters. The second-order valence-electron chi connectivity index (χ2n) is 3.54. The fourth-order valence-electron chi connectivity index (χ4n) is 1.41. The summed E-state index contributed by atoms with van der Waals surface area (Å²) in [6, 6.07) is 12.1. The van der Waals surface area contributed by atoms with E-state index in [1.807, 2.05) is 12.1 Å². The molecule has 0 saturated carbocycles. The van der Waals surface area contributed by atoms with Crippen molar-refractivity contribution >= 4 is 37.8 Å². The van der Waals surface area contributed by atoms with Crippen LogP contribution in [0.4, 0.5) is 0 Å². The molecule has 0 radical (unpaired) electrons. The molecule has 0 aliphatic heterocycles. The Balaban J connectivity index is 2.31. The summed E-state index contributed by atoms with van der Waals surface area (Å²) in [5, 5.41) is 8.96. The van der Waals surface area contributed by atoms with E-state index in [-0.39, 0.29) is 5.56 Å². The summed E-state index contributed by atoms with van der Waals surface area (Å²) in [7, 11) is 0. The van der Waals surface area contributed by atoms with Gasteiger partial charge in [0.05, 0.1) is 5.56 Å². The molecule has 0 unspecified atom stereocenters. The first kappa shape index (κ1) is 13.1. The lowest BCUT2D eigenvalue weighted by molar-refractivity contribution is 0.0696. The summed E-state index contributed by atoms with van der Waals surface area (Å²) in [5.74, 6) is 0.120. The molecule has 0 saturated heterocycles. The molecular weight excluding hydrogens is 364 g/mol. The molecular formula is C13H8Br2O3. The van der Waals surface area contributed by atoms with Gasteiger partial charge in [-0.15, -0.1) is 0 Å². The number of ether oxygens (including phenoxy) is 1. The minimum atomic E-state index is -0.990. The van der Waals surface area contributed by atoms with Crippen LogP contribution < -0.4 is 4.74 Å². The van der Waals surface area contributed by atoms with Gasteiger partial charge in [0, 0.05) is 8.95 Å². The highest BCUT2D eigenvalue weighted by Gasteiger charge is 2.07. The van der Waals surface area contributed by atoms with E-state index >= 15 is 0 Å². The summed E-state index contributed by atoms with van der Waals surface area (Å²) >= 11 is 6.60. The average molecular weight is 372 g/mol. The van der Waals surface area contributed by atoms with Crippen molar-refractivity contribution in [2.45, 2.75) is 0 Å². The summed E-state index contributed by atoms with van der Waals surface area (Å²) in [6.45, 7) is 0. The first-order chi connectivity index (χ1) is 8.54. The van der Waals surface area contributed by atoms with Crippen molar-refractivity contribution in [2.75, 3.05) is 0 Å². The van der Waals surface area contributed by atoms with Crippen molar-refractivity contribution in [3.05, 3.63) is 57.0 Å². The summed E-state index contributed by atoms with van der Waals surface area (Å²) in [5.41, 5.74) is 0.175. The highest BCUT2D eigenvalue weighted by Crippen LogP contribution is 2.28. The average Bonchev–Trinajstić information content (AvgIpc) is 2.28. The molecule has 0 fully saturated rings. The molecule has 2 aromatic rings. The van der Waals surface area contributed by atoms with Gasteiger partial charge in [0.1, 0.15) is 11.5 Å². The minimum Gasteiger partial charge on any atom is -0.478 e. The fourth-order valence-corrected chi connectivity index (χ4v) is 2.26. The quantitative estimate of drug-likeness (QED) is 0.850. The number of benzene rings is 2. The number of rotatable bonds is 3. The summed E-state index contributed by atoms with van der Waals surface area (Å²) < 4.78 is 7.16. The van der Waals surface area contributed by atoms with Gasteiger partial charge < -0.3 is 9.84 Å². The van der Waals surface area contributed by atoms with Gasteiger partial charge in [-0.25, -0.2) is 4.79 Å². The van der Waals surface area contributed by atoms with Crippen LogP contribution in [0.2, 0.25) is 0 Å². The third kappa shape index (κ3) is 3.34. The fraction of sp³-hybridized carbons (Fsp3) is 0. The van der Waals surface area contributed by atoms with Crippen molar-refractivity contribution in [3.63, 3.8) is 0 Å². The van der Waals surface area contributed by atoms with E-state index in [1.165, 1.54) is 12.1 Å². The number of aromatic carboxylic acids is 1. The first-order valence-corrected chi connectivity index (χ1v) is 6.60. The summed E-state index contributed by atoms with van der Waals surface area (Å²) in [6.07, 6.45) is 0. The van der Waals surface area contributed by atoms with E-state index in [4.69, 9.17) is 9.84 Å². The maximum atomic E-state index is 10.9. The van der Waals surface area contributed by atoms with E-state index in [0.29, 0.717) is 16.0 Å². The Morgan fingerprint density at radius 2 is 1.72 bits per heavy atom. The maximum Gasteiger partial charge on any atom is 0.335 e. The molecule has 92 valence electrons. The van der Waals surface area contributed by atoms with E-state index in [9.17, 15) is 4.79 Å². The lowest BCUT2D eigenvalue weighted by atomic mass is 10.2. The SMILES string of the molecule is O=C(O)c1cc(Br)cc(Oc2cccc(Br)c2)c1. The highest BCUT2D eigenvalue weighted by atomic mass is 79.9. The lowest BCUT2D eigenvalue weighted by Gasteiger charge is -2.07. The molecule has 0 aromatic heterocycles. The van der Waals surface area contributed by atoms with Gasteiger partial charge in [0.2, 0.25) is 0 Å². The lowest BCUT2D eigenvalue weighted by Crippen LogP contribution is -1.96. The Hall–Kier alpha value is -1.33. The number of carbonyl (C=O) groups is 1. The molecule has 2 rings (SSSR count). The van der Waals surface area contributed by atoms with Crippen LogP contribution in [0.15, 0.2) is 51.4 Å². The van der Waals surface area contributed by atoms with Crippen molar-refractivity contribution in [1.82, 2.24) is 0 Å². The van der Waals surface area contributed by atoms with Gasteiger partial charge in [-0.3, -0.25) is 0 Å². The molecule has 5 heteroatoms. The standard InChI is InChI=1S/C13H8Br2O3/c14-9-2-1-3-11(6-9)18-12-5-8(13(16)17)4-10(15)7-12/h1-7H,(H,16,17). The van der Waals surface area contributed by atoms with Crippen molar-refractivity contribution in [2.24, 2.45) is 0 Å². The largest absolute Gasteiger partial charge is 0.478 e. The van der Waals surface area contributed by atoms with Crippen LogP contribution in [0.5, 0.6) is 11.5 Å². The predicted octanol–water partition coefficient (Wildman–Crippen LogP) is 4.70. The van der Waals surface area contributed by atoms with Crippen molar-refractivity contribution in [1.29, 1.82) is 0 Å². The van der Waals surface area contributed by atoms with Crippen LogP contribution in [0.25, 0.3) is 0 Å². The van der Waals surface area contributed by atoms with E-state index < -0.39 is 5.97 Å². The van der Waals surface area contributed by atoms with E-state index in [0.717, 1.165) is 4.47 Å². The van der Waals surface area contributed by atoms with Crippen LogP contribution in [0.1, 0.15) is 10.4 Å². The molecule has 18 heavy (non-hydrogen) atoms. The Kier molecular flexibility index (Phi) is 4.04. The van der Waals surface area contributed by atoms with Crippen LogP contribution in [-0.4, -0.2) is 11.1 Å². The van der Waals surface area contributed by atoms with Gasteiger partial charge in [-0.2, -0.15) is 0 Å². The van der Waals surface area contributed by atoms with Gasteiger partial charge in [-0.05, 0) is 36.4 Å². The number of halogens is 2. The monoisotopic (exact) mass is 370 g/mol. The zero-order chi connectivity index (χ0) is 13.1. The second kappa shape index (κ2) is 5.54. The van der Waals surface area contributed by atoms with Gasteiger partial charge in [0.25, 0.3) is 0 Å². The Bertz CT molecular complexity index is 597. The zero-order valence-electron chi connectivity index (χ0n) is 9.06. The van der Waals surface area contributed by atoms with Crippen molar-refractivity contribution in [3.8, 4) is 11.5 Å². The Labute approximate surface area is 121 Å². The molecule has 3 nitrogen and oxygen atoms in total. The van der Waals surface area contributed by atoms with Crippen LogP contribution in [0.3, 0.4) is 0 Å². The Morgan fingerprint density at radius 1 is 1.00 bits per heavy atom. The smallest absolute Gasteiger partial charge is 0.335 e. The first-order valence-electron chi connectivity index (χ1n) is 5.02. The summed E-state index contributed by atoms with van der Waals surface area (Å²) in [4.78, 5) is 10.9. The molecule has 0 heterocycles. The van der Waals surface area contributed by atoms with E-state index in [2.05, 4.69) is 31.9 Å². The molecule has 1 N–H and O–H groups in total. The highest BCUT2D eigenvalue weighted by molar-refractivity contribution is 9.10. The third-order valence-electron chi connectivity index (χ3n) is 2.15. The maximum absolute atomic E-state index is 10.9. The van der Waals surface area contributed by atoms with Crippen molar-refractivity contribution < 1.29 is 14.6 Å². The second-order valence-corrected chi connectivity index (χ2v) is 5.37. The third-order valence-corrected chi connectivity index (χ3v) is 3.10. The molecule has 2 aromatic carbocycles. The molecule has 0 bridgehead atoms. The van der Waals surface area contributed by atoms with Crippen LogP contribution in [-0.2, 0) is 0 Å². The number of hydrogen-bond acceptors (Lipinski definition) is 2. The molecule has 0 aliphatic rings. The number of carboxylic acid groups (broad SMARTS) is 1. The topological polar surface area (TPSA) is 46.5 Å². The molecule has 0 aliphatic carbocycles.